The number of aromatic nitrogens is 1. The third-order valence-corrected chi connectivity index (χ3v) is 4.85. The summed E-state index contributed by atoms with van der Waals surface area (Å²) in [6.07, 6.45) is 1.65. The molecular weight excluding hydrogens is 322 g/mol. The molecule has 1 aliphatic carbocycles. The maximum Gasteiger partial charge on any atom is 0.320 e. The molecule has 25 heavy (non-hydrogen) atoms. The molecule has 2 atom stereocenters. The number of ether oxygens (including phenoxy) is 2. The van der Waals surface area contributed by atoms with Gasteiger partial charge in [0.05, 0.1) is 19.9 Å². The zero-order chi connectivity index (χ0) is 18.0. The lowest BCUT2D eigenvalue weighted by molar-refractivity contribution is -0.151. The number of fused-ring (bicyclic) bond motifs is 1. The van der Waals surface area contributed by atoms with Crippen LogP contribution in [0.1, 0.15) is 40.4 Å². The molecule has 2 aromatic rings. The van der Waals surface area contributed by atoms with Crippen molar-refractivity contribution < 1.29 is 23.9 Å². The molecule has 130 valence electrons. The molecule has 6 nitrogen and oxygen atoms in total. The minimum absolute atomic E-state index is 0.0211. The Balaban J connectivity index is 2.16. The van der Waals surface area contributed by atoms with Gasteiger partial charge < -0.3 is 14.5 Å². The van der Waals surface area contributed by atoms with Crippen LogP contribution in [-0.4, -0.2) is 36.9 Å². The second-order valence-corrected chi connectivity index (χ2v) is 6.02. The third kappa shape index (κ3) is 2.54. The minimum Gasteiger partial charge on any atom is -0.469 e. The van der Waals surface area contributed by atoms with Crippen molar-refractivity contribution in [2.75, 3.05) is 14.2 Å². The molecule has 0 saturated carbocycles. The van der Waals surface area contributed by atoms with E-state index in [1.807, 2.05) is 30.3 Å². The highest BCUT2D eigenvalue weighted by Gasteiger charge is 2.60. The number of esters is 2. The van der Waals surface area contributed by atoms with Crippen LogP contribution in [0, 0.1) is 5.41 Å². The Hall–Kier alpha value is -2.89. The van der Waals surface area contributed by atoms with Crippen LogP contribution in [0.15, 0.2) is 42.6 Å². The summed E-state index contributed by atoms with van der Waals surface area (Å²) in [5.74, 6) is -1.98. The number of rotatable bonds is 5. The van der Waals surface area contributed by atoms with Crippen molar-refractivity contribution in [2.45, 2.75) is 18.8 Å². The van der Waals surface area contributed by atoms with E-state index in [1.165, 1.54) is 14.2 Å². The van der Waals surface area contributed by atoms with Crippen molar-refractivity contribution in [3.05, 3.63) is 59.4 Å². The van der Waals surface area contributed by atoms with Crippen molar-refractivity contribution in [3.63, 3.8) is 0 Å². The molecule has 6 heteroatoms. The minimum atomic E-state index is -1.48. The number of ketones is 1. The van der Waals surface area contributed by atoms with E-state index in [9.17, 15) is 14.4 Å². The van der Waals surface area contributed by atoms with Crippen LogP contribution in [0.3, 0.4) is 0 Å². The first-order valence-electron chi connectivity index (χ1n) is 7.98. The highest BCUT2D eigenvalue weighted by Crippen LogP contribution is 2.53. The first-order chi connectivity index (χ1) is 12.1. The monoisotopic (exact) mass is 341 g/mol. The van der Waals surface area contributed by atoms with Gasteiger partial charge in [0, 0.05) is 18.5 Å². The van der Waals surface area contributed by atoms with Gasteiger partial charge in [-0.3, -0.25) is 14.4 Å². The fourth-order valence-corrected chi connectivity index (χ4v) is 3.70. The normalized spacial score (nSPS) is 21.7. The van der Waals surface area contributed by atoms with E-state index in [2.05, 4.69) is 4.98 Å². The smallest absolute Gasteiger partial charge is 0.320 e. The van der Waals surface area contributed by atoms with Crippen LogP contribution >= 0.6 is 0 Å². The van der Waals surface area contributed by atoms with E-state index in [0.717, 1.165) is 11.1 Å². The molecule has 0 radical (unpaired) electrons. The molecule has 0 saturated heterocycles. The summed E-state index contributed by atoms with van der Waals surface area (Å²) in [6, 6.07) is 11.1. The van der Waals surface area contributed by atoms with Crippen LogP contribution in [0.4, 0.5) is 0 Å². The second-order valence-electron chi connectivity index (χ2n) is 6.02. The van der Waals surface area contributed by atoms with Gasteiger partial charge in [-0.2, -0.15) is 0 Å². The highest BCUT2D eigenvalue weighted by molar-refractivity contribution is 6.17. The second kappa shape index (κ2) is 6.55. The Morgan fingerprint density at radius 2 is 1.84 bits per heavy atom. The number of benzene rings is 1. The average molecular weight is 341 g/mol. The van der Waals surface area contributed by atoms with Gasteiger partial charge in [0.25, 0.3) is 0 Å². The van der Waals surface area contributed by atoms with Gasteiger partial charge in [-0.25, -0.2) is 0 Å². The predicted molar refractivity (Wildman–Crippen MR) is 89.1 cm³/mol. The molecule has 0 amide bonds. The number of hydrogen-bond donors (Lipinski definition) is 1. The molecular formula is C19H19NO5. The number of methoxy groups -OCH3 is 2. The molecule has 0 spiro atoms. The molecule has 0 aliphatic heterocycles. The average Bonchev–Trinajstić information content (AvgIpc) is 3.20. The standard InChI is InChI=1S/C19H19NO5/c1-24-14(21)8-10-19(18(23)25-2)15(12-6-4-3-5-7-12)13-9-11-20-16(13)17(19)22/h3-7,9,11,15,20H,8,10H2,1-2H3/t15-,19-/m1/s1. The van der Waals surface area contributed by atoms with E-state index in [1.54, 1.807) is 12.3 Å². The van der Waals surface area contributed by atoms with Crippen LogP contribution in [0.2, 0.25) is 0 Å². The van der Waals surface area contributed by atoms with Crippen molar-refractivity contribution in [1.29, 1.82) is 0 Å². The van der Waals surface area contributed by atoms with Gasteiger partial charge >= 0.3 is 11.9 Å². The summed E-state index contributed by atoms with van der Waals surface area (Å²) in [4.78, 5) is 40.6. The number of hydrogen-bond acceptors (Lipinski definition) is 5. The van der Waals surface area contributed by atoms with Crippen LogP contribution in [0.5, 0.6) is 0 Å². The number of carbonyl (C=O) groups excluding carboxylic acids is 3. The van der Waals surface area contributed by atoms with E-state index in [0.29, 0.717) is 5.69 Å². The highest BCUT2D eigenvalue weighted by atomic mass is 16.5. The SMILES string of the molecule is COC(=O)CC[C@]1(C(=O)OC)C(=O)c2[nH]ccc2[C@H]1c1ccccc1. The lowest BCUT2D eigenvalue weighted by Gasteiger charge is -2.31. The summed E-state index contributed by atoms with van der Waals surface area (Å²) in [6.45, 7) is 0. The summed E-state index contributed by atoms with van der Waals surface area (Å²) >= 11 is 0. The zero-order valence-corrected chi connectivity index (χ0v) is 14.1. The predicted octanol–water partition coefficient (Wildman–Crippen LogP) is 2.46. The lowest BCUT2D eigenvalue weighted by Crippen LogP contribution is -2.42. The van der Waals surface area contributed by atoms with Gasteiger partial charge in [-0.1, -0.05) is 30.3 Å². The number of carbonyl (C=O) groups is 3. The topological polar surface area (TPSA) is 85.5 Å². The lowest BCUT2D eigenvalue weighted by atomic mass is 9.69. The summed E-state index contributed by atoms with van der Waals surface area (Å²) < 4.78 is 9.69. The van der Waals surface area contributed by atoms with Crippen LogP contribution < -0.4 is 0 Å². The maximum atomic E-state index is 13.2. The van der Waals surface area contributed by atoms with Gasteiger partial charge in [0.15, 0.2) is 5.78 Å². The van der Waals surface area contributed by atoms with E-state index in [4.69, 9.17) is 9.47 Å². The number of Topliss-reactive ketones (excluding diaryl/α,β-unsaturated/α-hetero) is 1. The summed E-state index contributed by atoms with van der Waals surface area (Å²) in [5, 5.41) is 0. The fourth-order valence-electron chi connectivity index (χ4n) is 3.70. The first-order valence-corrected chi connectivity index (χ1v) is 7.98. The van der Waals surface area contributed by atoms with Crippen molar-refractivity contribution in [2.24, 2.45) is 5.41 Å². The van der Waals surface area contributed by atoms with Gasteiger partial charge in [0.1, 0.15) is 5.41 Å². The molecule has 1 aromatic carbocycles. The fraction of sp³-hybridized carbons (Fsp3) is 0.316. The van der Waals surface area contributed by atoms with Crippen LogP contribution in [0.25, 0.3) is 0 Å². The van der Waals surface area contributed by atoms with Gasteiger partial charge in [0.2, 0.25) is 0 Å². The van der Waals surface area contributed by atoms with Crippen molar-refractivity contribution in [3.8, 4) is 0 Å². The number of nitrogens with one attached hydrogen (secondary N) is 1. The Morgan fingerprint density at radius 3 is 2.48 bits per heavy atom. The largest absolute Gasteiger partial charge is 0.469 e. The van der Waals surface area contributed by atoms with E-state index >= 15 is 0 Å². The molecule has 1 aliphatic rings. The molecule has 1 N–H and O–H groups in total. The molecule has 1 aromatic heterocycles. The Morgan fingerprint density at radius 1 is 1.12 bits per heavy atom. The molecule has 0 unspecified atom stereocenters. The van der Waals surface area contributed by atoms with E-state index < -0.39 is 23.3 Å². The summed E-state index contributed by atoms with van der Waals surface area (Å²) in [5.41, 5.74) is 0.479. The Labute approximate surface area is 145 Å². The zero-order valence-electron chi connectivity index (χ0n) is 14.1. The van der Waals surface area contributed by atoms with Crippen molar-refractivity contribution >= 4 is 17.7 Å². The Bertz CT molecular complexity index is 810. The first kappa shape index (κ1) is 17.0. The van der Waals surface area contributed by atoms with Crippen LogP contribution in [-0.2, 0) is 19.1 Å². The molecule has 0 bridgehead atoms. The number of aromatic amines is 1. The maximum absolute atomic E-state index is 13.2. The van der Waals surface area contributed by atoms with Crippen molar-refractivity contribution in [1.82, 2.24) is 4.98 Å². The number of H-pyrrole nitrogens is 1. The molecule has 0 fully saturated rings. The van der Waals surface area contributed by atoms with Gasteiger partial charge in [-0.05, 0) is 23.6 Å². The Kier molecular flexibility index (Phi) is 4.44. The molecule has 1 heterocycles. The molecule has 3 rings (SSSR count). The van der Waals surface area contributed by atoms with E-state index in [-0.39, 0.29) is 18.6 Å². The van der Waals surface area contributed by atoms with Gasteiger partial charge in [-0.15, -0.1) is 0 Å². The summed E-state index contributed by atoms with van der Waals surface area (Å²) in [7, 11) is 2.53. The third-order valence-electron chi connectivity index (χ3n) is 4.85. The quantitative estimate of drug-likeness (QED) is 0.667.